The summed E-state index contributed by atoms with van der Waals surface area (Å²) in [6.45, 7) is 2.36. The molecule has 206 valence electrons. The topological polar surface area (TPSA) is 87.9 Å². The van der Waals surface area contributed by atoms with Gasteiger partial charge in [-0.05, 0) is 48.2 Å². The van der Waals surface area contributed by atoms with Crippen molar-refractivity contribution in [3.8, 4) is 28.0 Å². The average molecular weight is 558 g/mol. The number of fused-ring (bicyclic) bond motifs is 1. The quantitative estimate of drug-likeness (QED) is 0.217. The lowest BCUT2D eigenvalue weighted by molar-refractivity contribution is 0.00983. The molecule has 8 nitrogen and oxygen atoms in total. The molecule has 0 radical (unpaired) electrons. The van der Waals surface area contributed by atoms with E-state index in [4.69, 9.17) is 23.5 Å². The molecule has 2 aromatic heterocycles. The number of nitrogens with one attached hydrogen (secondary N) is 1. The molecule has 1 saturated heterocycles. The van der Waals surface area contributed by atoms with Gasteiger partial charge < -0.3 is 28.8 Å². The normalized spacial score (nSPS) is 17.1. The zero-order chi connectivity index (χ0) is 27.3. The van der Waals surface area contributed by atoms with E-state index in [1.165, 1.54) is 5.56 Å². The molecule has 1 N–H and O–H groups in total. The van der Waals surface area contributed by atoms with E-state index in [0.29, 0.717) is 18.3 Å². The molecule has 2 atom stereocenters. The molecule has 2 unspecified atom stereocenters. The number of piperidine rings is 1. The third kappa shape index (κ3) is 5.54. The van der Waals surface area contributed by atoms with Gasteiger partial charge in [-0.25, -0.2) is 0 Å². The molecule has 0 amide bonds. The van der Waals surface area contributed by atoms with Crippen molar-refractivity contribution in [3.63, 3.8) is 0 Å². The third-order valence-corrected chi connectivity index (χ3v) is 8.08. The highest BCUT2D eigenvalue weighted by Gasteiger charge is 2.28. The minimum Gasteiger partial charge on any atom is -0.496 e. The molecule has 5 aromatic rings. The summed E-state index contributed by atoms with van der Waals surface area (Å²) in [5.41, 5.74) is 2.19. The predicted octanol–water partition coefficient (Wildman–Crippen LogP) is 6.21. The van der Waals surface area contributed by atoms with Crippen molar-refractivity contribution in [2.75, 3.05) is 27.3 Å². The Morgan fingerprint density at radius 2 is 1.82 bits per heavy atom. The lowest BCUT2D eigenvalue weighted by atomic mass is 9.87. The zero-order valence-corrected chi connectivity index (χ0v) is 23.3. The van der Waals surface area contributed by atoms with Gasteiger partial charge in [-0.15, -0.1) is 11.3 Å². The second-order valence-electron chi connectivity index (χ2n) is 9.61. The Bertz CT molecular complexity index is 1550. The van der Waals surface area contributed by atoms with Crippen molar-refractivity contribution >= 4 is 22.1 Å². The molecule has 0 saturated carbocycles. The number of methoxy groups -OCH3 is 2. The van der Waals surface area contributed by atoms with Gasteiger partial charge in [0, 0.05) is 28.8 Å². The Morgan fingerprint density at radius 1 is 0.975 bits per heavy atom. The molecule has 6 rings (SSSR count). The monoisotopic (exact) mass is 557 g/mol. The second-order valence-corrected chi connectivity index (χ2v) is 10.6. The fourth-order valence-corrected chi connectivity index (χ4v) is 5.90. The van der Waals surface area contributed by atoms with Gasteiger partial charge in [-0.2, -0.15) is 4.98 Å². The van der Waals surface area contributed by atoms with Crippen LogP contribution in [0.4, 0.5) is 0 Å². The first-order valence-electron chi connectivity index (χ1n) is 13.3. The van der Waals surface area contributed by atoms with E-state index in [1.54, 1.807) is 25.6 Å². The maximum Gasteiger partial charge on any atom is 0.264 e. The molecule has 1 aliphatic heterocycles. The fraction of sp³-hybridized carbons (Fsp3) is 0.290. The molecule has 1 aliphatic rings. The molecule has 0 bridgehead atoms. The highest BCUT2D eigenvalue weighted by atomic mass is 32.1. The smallest absolute Gasteiger partial charge is 0.264 e. The van der Waals surface area contributed by atoms with E-state index in [9.17, 15) is 0 Å². The van der Waals surface area contributed by atoms with E-state index >= 15 is 0 Å². The summed E-state index contributed by atoms with van der Waals surface area (Å²) in [6.07, 6.45) is 0.994. The zero-order valence-electron chi connectivity index (χ0n) is 22.5. The molecular formula is C31H31N3O5S. The first kappa shape index (κ1) is 26.3. The van der Waals surface area contributed by atoms with E-state index in [-0.39, 0.29) is 18.6 Å². The van der Waals surface area contributed by atoms with Gasteiger partial charge >= 0.3 is 0 Å². The SMILES string of the molecule is COc1cc(COC2CNCCC2c2ccc(OCc3nc(-c4cccs4)no3)cc2)c(OC)c2ccccc12. The summed E-state index contributed by atoms with van der Waals surface area (Å²) in [6, 6.07) is 22.3. The molecule has 1 fully saturated rings. The van der Waals surface area contributed by atoms with Gasteiger partial charge in [-0.3, -0.25) is 0 Å². The van der Waals surface area contributed by atoms with Gasteiger partial charge in [-0.1, -0.05) is 47.6 Å². The van der Waals surface area contributed by atoms with Gasteiger partial charge in [0.1, 0.15) is 17.2 Å². The lowest BCUT2D eigenvalue weighted by Crippen LogP contribution is -2.41. The maximum absolute atomic E-state index is 6.54. The summed E-state index contributed by atoms with van der Waals surface area (Å²) in [5.74, 6) is 3.67. The van der Waals surface area contributed by atoms with Crippen LogP contribution in [0.5, 0.6) is 17.2 Å². The molecule has 0 spiro atoms. The predicted molar refractivity (Wildman–Crippen MR) is 154 cm³/mol. The van der Waals surface area contributed by atoms with Crippen molar-refractivity contribution < 1.29 is 23.5 Å². The average Bonchev–Trinajstić information content (AvgIpc) is 3.72. The number of ether oxygens (including phenoxy) is 4. The van der Waals surface area contributed by atoms with Crippen LogP contribution >= 0.6 is 11.3 Å². The van der Waals surface area contributed by atoms with Gasteiger partial charge in [0.2, 0.25) is 5.82 Å². The van der Waals surface area contributed by atoms with Crippen LogP contribution in [0.15, 0.2) is 76.6 Å². The number of aromatic nitrogens is 2. The number of thiophene rings is 1. The van der Waals surface area contributed by atoms with Crippen molar-refractivity contribution in [1.82, 2.24) is 15.5 Å². The van der Waals surface area contributed by atoms with Crippen LogP contribution in [0.3, 0.4) is 0 Å². The first-order valence-corrected chi connectivity index (χ1v) is 14.2. The maximum atomic E-state index is 6.54. The Hall–Kier alpha value is -3.92. The molecule has 3 aromatic carbocycles. The number of nitrogens with zero attached hydrogens (tertiary/aromatic N) is 2. The van der Waals surface area contributed by atoms with Crippen molar-refractivity contribution in [3.05, 3.63) is 89.1 Å². The highest BCUT2D eigenvalue weighted by Crippen LogP contribution is 2.38. The lowest BCUT2D eigenvalue weighted by Gasteiger charge is -2.33. The number of hydrogen-bond donors (Lipinski definition) is 1. The van der Waals surface area contributed by atoms with Gasteiger partial charge in [0.05, 0.1) is 31.8 Å². The van der Waals surface area contributed by atoms with Crippen LogP contribution in [0.1, 0.15) is 29.4 Å². The van der Waals surface area contributed by atoms with Crippen molar-refractivity contribution in [2.24, 2.45) is 0 Å². The minimum atomic E-state index is 0.0109. The summed E-state index contributed by atoms with van der Waals surface area (Å²) < 4.78 is 29.3. The van der Waals surface area contributed by atoms with Crippen LogP contribution in [0.2, 0.25) is 0 Å². The first-order chi connectivity index (χ1) is 19.7. The standard InChI is InChI=1S/C31H31N3O5S/c1-35-26-16-21(30(36-2)25-7-4-3-6-24(25)26)18-38-27-17-32-14-13-23(27)20-9-11-22(12-10-20)37-19-29-33-31(34-39-29)28-8-5-15-40-28/h3-12,15-16,23,27,32H,13-14,17-19H2,1-2H3. The Kier molecular flexibility index (Phi) is 7.94. The Labute approximate surface area is 236 Å². The van der Waals surface area contributed by atoms with E-state index in [1.807, 2.05) is 53.9 Å². The number of hydrogen-bond acceptors (Lipinski definition) is 9. The van der Waals surface area contributed by atoms with E-state index < -0.39 is 0 Å². The Balaban J connectivity index is 1.12. The van der Waals surface area contributed by atoms with Crippen LogP contribution in [-0.4, -0.2) is 43.6 Å². The van der Waals surface area contributed by atoms with E-state index in [2.05, 4.69) is 33.7 Å². The second kappa shape index (κ2) is 12.1. The molecular weight excluding hydrogens is 526 g/mol. The molecule has 0 aliphatic carbocycles. The van der Waals surface area contributed by atoms with Crippen LogP contribution < -0.4 is 19.5 Å². The van der Waals surface area contributed by atoms with Crippen LogP contribution in [0.25, 0.3) is 21.5 Å². The van der Waals surface area contributed by atoms with Gasteiger partial charge in [0.25, 0.3) is 5.89 Å². The number of benzene rings is 3. The minimum absolute atomic E-state index is 0.0109. The van der Waals surface area contributed by atoms with Crippen LogP contribution in [-0.2, 0) is 18.0 Å². The van der Waals surface area contributed by atoms with Crippen molar-refractivity contribution in [1.29, 1.82) is 0 Å². The van der Waals surface area contributed by atoms with Crippen molar-refractivity contribution in [2.45, 2.75) is 31.7 Å². The molecule has 40 heavy (non-hydrogen) atoms. The molecule has 3 heterocycles. The third-order valence-electron chi connectivity index (χ3n) is 7.22. The Morgan fingerprint density at radius 3 is 2.60 bits per heavy atom. The summed E-state index contributed by atoms with van der Waals surface area (Å²) in [5, 5.41) is 11.5. The highest BCUT2D eigenvalue weighted by molar-refractivity contribution is 7.13. The number of rotatable bonds is 10. The largest absolute Gasteiger partial charge is 0.496 e. The molecule has 9 heteroatoms. The van der Waals surface area contributed by atoms with Gasteiger partial charge in [0.15, 0.2) is 6.61 Å². The summed E-state index contributed by atoms with van der Waals surface area (Å²) in [7, 11) is 3.39. The van der Waals surface area contributed by atoms with Crippen LogP contribution in [0, 0.1) is 0 Å². The summed E-state index contributed by atoms with van der Waals surface area (Å²) >= 11 is 1.57. The van der Waals surface area contributed by atoms with E-state index in [0.717, 1.165) is 58.0 Å². The summed E-state index contributed by atoms with van der Waals surface area (Å²) in [4.78, 5) is 5.39. The fourth-order valence-electron chi connectivity index (χ4n) is 5.25.